The summed E-state index contributed by atoms with van der Waals surface area (Å²) in [6.45, 7) is 3.02. The van der Waals surface area contributed by atoms with E-state index in [1.165, 1.54) is 5.56 Å². The fourth-order valence-corrected chi connectivity index (χ4v) is 2.03. The number of hydrogen-bond donors (Lipinski definition) is 1. The third kappa shape index (κ3) is 3.76. The quantitative estimate of drug-likeness (QED) is 0.863. The minimum Gasteiger partial charge on any atom is -0.480 e. The van der Waals surface area contributed by atoms with Gasteiger partial charge in [0.1, 0.15) is 0 Å². The summed E-state index contributed by atoms with van der Waals surface area (Å²) in [5, 5.41) is 3.48. The summed E-state index contributed by atoms with van der Waals surface area (Å²) in [5.74, 6) is 0.556. The number of likely N-dealkylation sites (N-methyl/N-ethyl adjacent to an activating group) is 1. The molecule has 4 nitrogen and oxygen atoms in total. The van der Waals surface area contributed by atoms with Crippen molar-refractivity contribution in [3.05, 3.63) is 54.0 Å². The fourth-order valence-electron chi connectivity index (χ4n) is 2.03. The van der Waals surface area contributed by atoms with Crippen molar-refractivity contribution in [1.82, 2.24) is 15.3 Å². The highest BCUT2D eigenvalue weighted by Crippen LogP contribution is 2.17. The molecule has 1 aromatic carbocycles. The molecule has 19 heavy (non-hydrogen) atoms. The van der Waals surface area contributed by atoms with E-state index >= 15 is 0 Å². The first kappa shape index (κ1) is 13.5. The standard InChI is InChI=1S/C15H19N3O/c1-3-17-14(12-7-5-4-6-8-12)9-13-10-16-11-15(18-13)19-2/h4-8,10-11,14,17H,3,9H2,1-2H3. The van der Waals surface area contributed by atoms with E-state index in [9.17, 15) is 0 Å². The van der Waals surface area contributed by atoms with Gasteiger partial charge in [-0.05, 0) is 12.1 Å². The number of rotatable bonds is 6. The highest BCUT2D eigenvalue weighted by molar-refractivity contribution is 5.21. The average molecular weight is 257 g/mol. The first-order valence-electron chi connectivity index (χ1n) is 6.46. The molecule has 0 saturated heterocycles. The van der Waals surface area contributed by atoms with Crippen LogP contribution >= 0.6 is 0 Å². The van der Waals surface area contributed by atoms with E-state index in [-0.39, 0.29) is 6.04 Å². The third-order valence-corrected chi connectivity index (χ3v) is 2.94. The van der Waals surface area contributed by atoms with Gasteiger partial charge >= 0.3 is 0 Å². The van der Waals surface area contributed by atoms with Crippen LogP contribution in [0, 0.1) is 0 Å². The van der Waals surface area contributed by atoms with Crippen molar-refractivity contribution in [2.45, 2.75) is 19.4 Å². The van der Waals surface area contributed by atoms with E-state index in [2.05, 4.69) is 46.5 Å². The van der Waals surface area contributed by atoms with Gasteiger partial charge in [-0.3, -0.25) is 4.98 Å². The summed E-state index contributed by atoms with van der Waals surface area (Å²) in [7, 11) is 1.60. The number of methoxy groups -OCH3 is 1. The molecule has 1 aromatic heterocycles. The van der Waals surface area contributed by atoms with E-state index < -0.39 is 0 Å². The Hall–Kier alpha value is -1.94. The largest absolute Gasteiger partial charge is 0.480 e. The van der Waals surface area contributed by atoms with E-state index in [4.69, 9.17) is 4.74 Å². The Morgan fingerprint density at radius 2 is 2.00 bits per heavy atom. The van der Waals surface area contributed by atoms with E-state index in [0.29, 0.717) is 5.88 Å². The van der Waals surface area contributed by atoms with Crippen molar-refractivity contribution in [2.24, 2.45) is 0 Å². The van der Waals surface area contributed by atoms with Gasteiger partial charge in [0, 0.05) is 18.7 Å². The molecule has 2 aromatic rings. The highest BCUT2D eigenvalue weighted by Gasteiger charge is 2.12. The molecule has 0 amide bonds. The minimum absolute atomic E-state index is 0.243. The summed E-state index contributed by atoms with van der Waals surface area (Å²) in [5.41, 5.74) is 2.18. The zero-order valence-electron chi connectivity index (χ0n) is 11.3. The Labute approximate surface area is 113 Å². The van der Waals surface area contributed by atoms with Crippen LogP contribution < -0.4 is 10.1 Å². The summed E-state index contributed by atoms with van der Waals surface area (Å²) in [6.07, 6.45) is 4.20. The molecule has 1 N–H and O–H groups in total. The van der Waals surface area contributed by atoms with Crippen LogP contribution in [0.4, 0.5) is 0 Å². The van der Waals surface area contributed by atoms with Crippen molar-refractivity contribution in [3.8, 4) is 5.88 Å². The van der Waals surface area contributed by atoms with Gasteiger partial charge in [0.15, 0.2) is 0 Å². The zero-order valence-corrected chi connectivity index (χ0v) is 11.3. The van der Waals surface area contributed by atoms with Crippen molar-refractivity contribution < 1.29 is 4.74 Å². The van der Waals surface area contributed by atoms with Gasteiger partial charge in [0.05, 0.1) is 19.0 Å². The SMILES string of the molecule is CCNC(Cc1cncc(OC)n1)c1ccccc1. The second-order valence-corrected chi connectivity index (χ2v) is 4.28. The smallest absolute Gasteiger partial charge is 0.232 e. The first-order valence-corrected chi connectivity index (χ1v) is 6.46. The van der Waals surface area contributed by atoms with Crippen LogP contribution in [-0.2, 0) is 6.42 Å². The lowest BCUT2D eigenvalue weighted by atomic mass is 10.0. The van der Waals surface area contributed by atoms with E-state index in [0.717, 1.165) is 18.7 Å². The Morgan fingerprint density at radius 3 is 2.68 bits per heavy atom. The lowest BCUT2D eigenvalue weighted by molar-refractivity contribution is 0.392. The number of hydrogen-bond acceptors (Lipinski definition) is 4. The predicted octanol–water partition coefficient (Wildman–Crippen LogP) is 2.38. The van der Waals surface area contributed by atoms with Crippen LogP contribution in [-0.4, -0.2) is 23.6 Å². The third-order valence-electron chi connectivity index (χ3n) is 2.94. The van der Waals surface area contributed by atoms with Gasteiger partial charge in [0.25, 0.3) is 0 Å². The molecule has 1 unspecified atom stereocenters. The molecule has 2 rings (SSSR count). The van der Waals surface area contributed by atoms with Crippen molar-refractivity contribution in [2.75, 3.05) is 13.7 Å². The second-order valence-electron chi connectivity index (χ2n) is 4.28. The predicted molar refractivity (Wildman–Crippen MR) is 75.1 cm³/mol. The molecule has 0 bridgehead atoms. The van der Waals surface area contributed by atoms with Crippen LogP contribution in [0.15, 0.2) is 42.7 Å². The number of benzene rings is 1. The van der Waals surface area contributed by atoms with Crippen molar-refractivity contribution in [3.63, 3.8) is 0 Å². The average Bonchev–Trinajstić information content (AvgIpc) is 2.48. The summed E-state index contributed by atoms with van der Waals surface area (Å²) in [6, 6.07) is 10.6. The fraction of sp³-hybridized carbons (Fsp3) is 0.333. The maximum Gasteiger partial charge on any atom is 0.232 e. The van der Waals surface area contributed by atoms with Crippen molar-refractivity contribution >= 4 is 0 Å². The molecule has 0 saturated carbocycles. The molecule has 1 atom stereocenters. The minimum atomic E-state index is 0.243. The molecule has 100 valence electrons. The lowest BCUT2D eigenvalue weighted by Gasteiger charge is -2.18. The second kappa shape index (κ2) is 6.85. The van der Waals surface area contributed by atoms with Gasteiger partial charge in [0.2, 0.25) is 5.88 Å². The molecule has 1 heterocycles. The molecule has 0 aliphatic heterocycles. The maximum atomic E-state index is 5.11. The van der Waals surface area contributed by atoms with Crippen LogP contribution in [0.2, 0.25) is 0 Å². The number of aromatic nitrogens is 2. The number of nitrogens with zero attached hydrogens (tertiary/aromatic N) is 2. The Morgan fingerprint density at radius 1 is 1.21 bits per heavy atom. The summed E-state index contributed by atoms with van der Waals surface area (Å²) >= 11 is 0. The Kier molecular flexibility index (Phi) is 4.86. The zero-order chi connectivity index (χ0) is 13.5. The number of ether oxygens (including phenoxy) is 1. The monoisotopic (exact) mass is 257 g/mol. The van der Waals surface area contributed by atoms with Gasteiger partial charge in [-0.25, -0.2) is 4.98 Å². The normalized spacial score (nSPS) is 12.1. The van der Waals surface area contributed by atoms with Crippen LogP contribution in [0.1, 0.15) is 24.2 Å². The molecule has 0 spiro atoms. The molecule has 0 aliphatic rings. The molecule has 4 heteroatoms. The summed E-state index contributed by atoms with van der Waals surface area (Å²) < 4.78 is 5.11. The first-order chi connectivity index (χ1) is 9.33. The van der Waals surface area contributed by atoms with Crippen molar-refractivity contribution in [1.29, 1.82) is 0 Å². The lowest BCUT2D eigenvalue weighted by Crippen LogP contribution is -2.23. The molecule has 0 radical (unpaired) electrons. The van der Waals surface area contributed by atoms with Gasteiger partial charge in [-0.1, -0.05) is 37.3 Å². The van der Waals surface area contributed by atoms with Crippen LogP contribution in [0.5, 0.6) is 5.88 Å². The summed E-state index contributed by atoms with van der Waals surface area (Å²) in [4.78, 5) is 8.56. The maximum absolute atomic E-state index is 5.11. The van der Waals surface area contributed by atoms with E-state index in [1.807, 2.05) is 6.07 Å². The van der Waals surface area contributed by atoms with Gasteiger partial charge < -0.3 is 10.1 Å². The highest BCUT2D eigenvalue weighted by atomic mass is 16.5. The van der Waals surface area contributed by atoms with Gasteiger partial charge in [-0.15, -0.1) is 0 Å². The van der Waals surface area contributed by atoms with Crippen LogP contribution in [0.25, 0.3) is 0 Å². The molecule has 0 fully saturated rings. The van der Waals surface area contributed by atoms with E-state index in [1.54, 1.807) is 19.5 Å². The number of nitrogens with one attached hydrogen (secondary N) is 1. The Bertz CT molecular complexity index is 502. The molecular formula is C15H19N3O. The Balaban J connectivity index is 2.16. The molecule has 0 aliphatic carbocycles. The van der Waals surface area contributed by atoms with Gasteiger partial charge in [-0.2, -0.15) is 0 Å². The molecular weight excluding hydrogens is 238 g/mol. The van der Waals surface area contributed by atoms with Crippen LogP contribution in [0.3, 0.4) is 0 Å². The topological polar surface area (TPSA) is 47.0 Å².